The van der Waals surface area contributed by atoms with Crippen molar-refractivity contribution in [2.24, 2.45) is 0 Å². The van der Waals surface area contributed by atoms with Gasteiger partial charge in [-0.3, -0.25) is 14.9 Å². The van der Waals surface area contributed by atoms with Gasteiger partial charge < -0.3 is 10.4 Å². The summed E-state index contributed by atoms with van der Waals surface area (Å²) in [5, 5.41) is 14.7. The third-order valence-corrected chi connectivity index (χ3v) is 3.82. The third kappa shape index (κ3) is 5.77. The fraction of sp³-hybridized carbons (Fsp3) is 0.467. The van der Waals surface area contributed by atoms with E-state index >= 15 is 0 Å². The van der Waals surface area contributed by atoms with Crippen molar-refractivity contribution in [2.75, 3.05) is 11.6 Å². The normalized spacial score (nSPS) is 13.5. The number of carboxylic acids is 1. The Bertz CT molecular complexity index is 476. The van der Waals surface area contributed by atoms with E-state index in [4.69, 9.17) is 5.11 Å². The van der Waals surface area contributed by atoms with Crippen molar-refractivity contribution in [1.29, 1.82) is 0 Å². The molecule has 5 nitrogen and oxygen atoms in total. The van der Waals surface area contributed by atoms with Crippen LogP contribution in [0.25, 0.3) is 0 Å². The molecule has 6 heteroatoms. The molecule has 0 aliphatic rings. The summed E-state index contributed by atoms with van der Waals surface area (Å²) in [6, 6.07) is 6.24. The number of rotatable bonds is 8. The van der Waals surface area contributed by atoms with Crippen molar-refractivity contribution in [3.8, 4) is 0 Å². The number of carboxylic acid groups (broad SMARTS) is 1. The van der Waals surface area contributed by atoms with Crippen molar-refractivity contribution in [1.82, 2.24) is 5.32 Å². The first-order valence-corrected chi connectivity index (χ1v) is 8.14. The van der Waals surface area contributed by atoms with E-state index in [0.717, 1.165) is 11.3 Å². The lowest BCUT2D eigenvalue weighted by molar-refractivity contribution is -0.140. The van der Waals surface area contributed by atoms with E-state index in [9.17, 15) is 9.59 Å². The molecule has 1 amide bonds. The lowest BCUT2D eigenvalue weighted by Crippen LogP contribution is -2.47. The fourth-order valence-electron chi connectivity index (χ4n) is 1.87. The summed E-state index contributed by atoms with van der Waals surface area (Å²) in [5.41, 5.74) is 0.703. The van der Waals surface area contributed by atoms with E-state index < -0.39 is 18.1 Å². The molecule has 21 heavy (non-hydrogen) atoms. The predicted molar refractivity (Wildman–Crippen MR) is 85.8 cm³/mol. The second kappa shape index (κ2) is 8.69. The SMILES string of the molecule is CCCC(NC(C)C(=O)Nc1ccc(SC)cc1)C(=O)O. The zero-order chi connectivity index (χ0) is 15.8. The van der Waals surface area contributed by atoms with Crippen LogP contribution in [0.2, 0.25) is 0 Å². The van der Waals surface area contributed by atoms with Crippen LogP contribution in [-0.2, 0) is 9.59 Å². The van der Waals surface area contributed by atoms with Crippen LogP contribution in [0.5, 0.6) is 0 Å². The second-order valence-corrected chi connectivity index (χ2v) is 5.67. The molecule has 1 rings (SSSR count). The molecule has 0 heterocycles. The van der Waals surface area contributed by atoms with Crippen LogP contribution < -0.4 is 10.6 Å². The van der Waals surface area contributed by atoms with Gasteiger partial charge in [0.05, 0.1) is 6.04 Å². The van der Waals surface area contributed by atoms with Crippen molar-refractivity contribution in [2.45, 2.75) is 43.7 Å². The van der Waals surface area contributed by atoms with Crippen LogP contribution >= 0.6 is 11.8 Å². The summed E-state index contributed by atoms with van der Waals surface area (Å²) >= 11 is 1.63. The first-order valence-electron chi connectivity index (χ1n) is 6.91. The van der Waals surface area contributed by atoms with Gasteiger partial charge in [0.25, 0.3) is 0 Å². The monoisotopic (exact) mass is 310 g/mol. The second-order valence-electron chi connectivity index (χ2n) is 4.79. The van der Waals surface area contributed by atoms with E-state index in [-0.39, 0.29) is 5.91 Å². The highest BCUT2D eigenvalue weighted by Crippen LogP contribution is 2.17. The average molecular weight is 310 g/mol. The Labute approximate surface area is 129 Å². The van der Waals surface area contributed by atoms with Crippen LogP contribution in [0, 0.1) is 0 Å². The minimum absolute atomic E-state index is 0.241. The fourth-order valence-corrected chi connectivity index (χ4v) is 2.28. The maximum atomic E-state index is 12.1. The van der Waals surface area contributed by atoms with Crippen molar-refractivity contribution < 1.29 is 14.7 Å². The molecule has 2 atom stereocenters. The highest BCUT2D eigenvalue weighted by atomic mass is 32.2. The lowest BCUT2D eigenvalue weighted by atomic mass is 10.1. The van der Waals surface area contributed by atoms with Gasteiger partial charge in [-0.1, -0.05) is 13.3 Å². The topological polar surface area (TPSA) is 78.4 Å². The van der Waals surface area contributed by atoms with E-state index in [2.05, 4.69) is 10.6 Å². The molecule has 116 valence electrons. The quantitative estimate of drug-likeness (QED) is 0.643. The minimum atomic E-state index is -0.930. The summed E-state index contributed by atoms with van der Waals surface area (Å²) in [5.74, 6) is -1.17. The maximum Gasteiger partial charge on any atom is 0.320 e. The zero-order valence-electron chi connectivity index (χ0n) is 12.6. The van der Waals surface area contributed by atoms with Gasteiger partial charge in [-0.2, -0.15) is 0 Å². The zero-order valence-corrected chi connectivity index (χ0v) is 13.4. The molecule has 0 aliphatic heterocycles. The summed E-state index contributed by atoms with van der Waals surface area (Å²) in [7, 11) is 0. The molecular weight excluding hydrogens is 288 g/mol. The van der Waals surface area contributed by atoms with Gasteiger partial charge in [-0.05, 0) is 43.9 Å². The Hall–Kier alpha value is -1.53. The summed E-state index contributed by atoms with van der Waals surface area (Å²) < 4.78 is 0. The van der Waals surface area contributed by atoms with E-state index in [0.29, 0.717) is 12.1 Å². The molecular formula is C15H22N2O3S. The lowest BCUT2D eigenvalue weighted by Gasteiger charge is -2.19. The van der Waals surface area contributed by atoms with Crippen molar-refractivity contribution in [3.63, 3.8) is 0 Å². The Morgan fingerprint density at radius 1 is 1.29 bits per heavy atom. The number of carbonyl (C=O) groups excluding carboxylic acids is 1. The molecule has 0 aromatic heterocycles. The van der Waals surface area contributed by atoms with Gasteiger partial charge in [-0.25, -0.2) is 0 Å². The molecule has 0 saturated heterocycles. The smallest absolute Gasteiger partial charge is 0.320 e. The van der Waals surface area contributed by atoms with Gasteiger partial charge in [-0.15, -0.1) is 11.8 Å². The van der Waals surface area contributed by atoms with Crippen LogP contribution in [0.1, 0.15) is 26.7 Å². The van der Waals surface area contributed by atoms with Crippen molar-refractivity contribution in [3.05, 3.63) is 24.3 Å². The molecule has 1 aromatic carbocycles. The molecule has 3 N–H and O–H groups in total. The molecule has 0 radical (unpaired) electrons. The third-order valence-electron chi connectivity index (χ3n) is 3.08. The number of hydrogen-bond acceptors (Lipinski definition) is 4. The van der Waals surface area contributed by atoms with E-state index in [1.54, 1.807) is 18.7 Å². The molecule has 0 bridgehead atoms. The maximum absolute atomic E-state index is 12.1. The number of amides is 1. The molecule has 0 fully saturated rings. The van der Waals surface area contributed by atoms with Gasteiger partial charge in [0.15, 0.2) is 0 Å². The first kappa shape index (κ1) is 17.5. The number of hydrogen-bond donors (Lipinski definition) is 3. The summed E-state index contributed by atoms with van der Waals surface area (Å²) in [6.45, 7) is 3.58. The average Bonchev–Trinajstić information content (AvgIpc) is 2.47. The van der Waals surface area contributed by atoms with Gasteiger partial charge in [0, 0.05) is 10.6 Å². The molecule has 0 saturated carbocycles. The highest BCUT2D eigenvalue weighted by molar-refractivity contribution is 7.98. The molecule has 0 aliphatic carbocycles. The van der Waals surface area contributed by atoms with Crippen LogP contribution in [0.15, 0.2) is 29.2 Å². The minimum Gasteiger partial charge on any atom is -0.480 e. The first-order chi connectivity index (χ1) is 9.97. The molecule has 0 spiro atoms. The number of thioether (sulfide) groups is 1. The van der Waals surface area contributed by atoms with Crippen molar-refractivity contribution >= 4 is 29.3 Å². The van der Waals surface area contributed by atoms with Crippen LogP contribution in [-0.4, -0.2) is 35.3 Å². The van der Waals surface area contributed by atoms with Crippen LogP contribution in [0.3, 0.4) is 0 Å². The number of anilines is 1. The number of carbonyl (C=O) groups is 2. The number of nitrogens with one attached hydrogen (secondary N) is 2. The van der Waals surface area contributed by atoms with E-state index in [1.807, 2.05) is 37.4 Å². The Kier molecular flexibility index (Phi) is 7.25. The Morgan fingerprint density at radius 3 is 2.38 bits per heavy atom. The summed E-state index contributed by atoms with van der Waals surface area (Å²) in [6.07, 6.45) is 3.23. The Balaban J connectivity index is 2.58. The number of benzene rings is 1. The van der Waals surface area contributed by atoms with Gasteiger partial charge in [0.2, 0.25) is 5.91 Å². The van der Waals surface area contributed by atoms with Gasteiger partial charge >= 0.3 is 5.97 Å². The largest absolute Gasteiger partial charge is 0.480 e. The Morgan fingerprint density at radius 2 is 1.90 bits per heavy atom. The van der Waals surface area contributed by atoms with Crippen LogP contribution in [0.4, 0.5) is 5.69 Å². The van der Waals surface area contributed by atoms with E-state index in [1.165, 1.54) is 0 Å². The van der Waals surface area contributed by atoms with Gasteiger partial charge in [0.1, 0.15) is 6.04 Å². The standard InChI is InChI=1S/C15H22N2O3S/c1-4-5-13(15(19)20)16-10(2)14(18)17-11-6-8-12(21-3)9-7-11/h6-10,13,16H,4-5H2,1-3H3,(H,17,18)(H,19,20). The summed E-state index contributed by atoms with van der Waals surface area (Å²) in [4.78, 5) is 24.3. The molecule has 1 aromatic rings. The number of aliphatic carboxylic acids is 1. The molecule has 2 unspecified atom stereocenters. The predicted octanol–water partition coefficient (Wildman–Crippen LogP) is 2.58. The highest BCUT2D eigenvalue weighted by Gasteiger charge is 2.22.